The molecule has 0 aliphatic heterocycles. The van der Waals surface area contributed by atoms with Crippen molar-refractivity contribution in [3.05, 3.63) is 89.5 Å². The molecule has 1 amide bonds. The predicted octanol–water partition coefficient (Wildman–Crippen LogP) is 4.12. The van der Waals surface area contributed by atoms with Crippen LogP contribution in [0.2, 0.25) is 0 Å². The predicted molar refractivity (Wildman–Crippen MR) is 127 cm³/mol. The Bertz CT molecular complexity index is 1160. The largest absolute Gasteiger partial charge is 0.493 e. The SMILES string of the molecule is O=C(O)CCOc1ccc(COC(=O)CNC(=O)OCC2c3ccccc3-c3ccccc32)cc1. The summed E-state index contributed by atoms with van der Waals surface area (Å²) in [6.07, 6.45) is -0.776. The van der Waals surface area contributed by atoms with Crippen LogP contribution in [-0.4, -0.2) is 42.9 Å². The molecule has 1 aliphatic rings. The van der Waals surface area contributed by atoms with Gasteiger partial charge in [-0.3, -0.25) is 9.59 Å². The Morgan fingerprint density at radius 1 is 0.829 bits per heavy atom. The van der Waals surface area contributed by atoms with Gasteiger partial charge in [-0.05, 0) is 39.9 Å². The molecule has 2 N–H and O–H groups in total. The number of carbonyl (C=O) groups is 3. The minimum Gasteiger partial charge on any atom is -0.493 e. The number of ether oxygens (including phenoxy) is 3. The van der Waals surface area contributed by atoms with Crippen LogP contribution < -0.4 is 10.1 Å². The number of esters is 1. The van der Waals surface area contributed by atoms with Crippen LogP contribution in [0.4, 0.5) is 4.79 Å². The molecule has 0 spiro atoms. The van der Waals surface area contributed by atoms with E-state index in [0.717, 1.165) is 27.8 Å². The van der Waals surface area contributed by atoms with Crippen LogP contribution in [0.15, 0.2) is 72.8 Å². The highest BCUT2D eigenvalue weighted by Crippen LogP contribution is 2.44. The molecule has 1 aliphatic carbocycles. The van der Waals surface area contributed by atoms with Crippen LogP contribution in [0.1, 0.15) is 29.0 Å². The van der Waals surface area contributed by atoms with Gasteiger partial charge in [0.15, 0.2) is 0 Å². The van der Waals surface area contributed by atoms with Crippen molar-refractivity contribution >= 4 is 18.0 Å². The lowest BCUT2D eigenvalue weighted by atomic mass is 9.98. The maximum Gasteiger partial charge on any atom is 0.407 e. The Labute approximate surface area is 202 Å². The molecule has 0 aromatic heterocycles. The molecule has 3 aromatic carbocycles. The number of fused-ring (bicyclic) bond motifs is 3. The summed E-state index contributed by atoms with van der Waals surface area (Å²) in [6, 6.07) is 22.9. The second kappa shape index (κ2) is 11.2. The Hall–Kier alpha value is -4.33. The summed E-state index contributed by atoms with van der Waals surface area (Å²) in [7, 11) is 0. The zero-order valence-corrected chi connectivity index (χ0v) is 18.9. The first kappa shape index (κ1) is 23.8. The van der Waals surface area contributed by atoms with Crippen LogP contribution >= 0.6 is 0 Å². The molecule has 0 heterocycles. The van der Waals surface area contributed by atoms with Crippen LogP contribution in [0.5, 0.6) is 5.75 Å². The summed E-state index contributed by atoms with van der Waals surface area (Å²) in [5.74, 6) is -1.06. The average Bonchev–Trinajstić information content (AvgIpc) is 3.19. The van der Waals surface area contributed by atoms with E-state index in [4.69, 9.17) is 19.3 Å². The van der Waals surface area contributed by atoms with Gasteiger partial charge in [0.05, 0.1) is 13.0 Å². The van der Waals surface area contributed by atoms with Gasteiger partial charge >= 0.3 is 18.0 Å². The highest BCUT2D eigenvalue weighted by atomic mass is 16.6. The zero-order chi connectivity index (χ0) is 24.6. The number of rotatable bonds is 10. The molecule has 0 unspecified atom stereocenters. The van der Waals surface area contributed by atoms with E-state index in [1.165, 1.54) is 0 Å². The standard InChI is InChI=1S/C27H25NO7/c29-25(30)13-14-33-19-11-9-18(10-12-19)16-34-26(31)15-28-27(32)35-17-24-22-7-3-1-5-20(22)21-6-2-4-8-23(21)24/h1-12,24H,13-17H2,(H,28,32)(H,29,30). The average molecular weight is 475 g/mol. The lowest BCUT2D eigenvalue weighted by molar-refractivity contribution is -0.143. The van der Waals surface area contributed by atoms with Gasteiger partial charge in [0.25, 0.3) is 0 Å². The van der Waals surface area contributed by atoms with Crippen molar-refractivity contribution in [3.63, 3.8) is 0 Å². The van der Waals surface area contributed by atoms with Crippen molar-refractivity contribution in [2.75, 3.05) is 19.8 Å². The number of hydrogen-bond acceptors (Lipinski definition) is 6. The zero-order valence-electron chi connectivity index (χ0n) is 18.9. The number of amides is 1. The van der Waals surface area contributed by atoms with Crippen LogP contribution in [0.25, 0.3) is 11.1 Å². The molecule has 0 atom stereocenters. The van der Waals surface area contributed by atoms with E-state index in [2.05, 4.69) is 17.4 Å². The third-order valence-corrected chi connectivity index (χ3v) is 5.63. The van der Waals surface area contributed by atoms with E-state index in [-0.39, 0.29) is 38.7 Å². The third-order valence-electron chi connectivity index (χ3n) is 5.63. The maximum atomic E-state index is 12.2. The molecule has 0 saturated carbocycles. The Kier molecular flexibility index (Phi) is 7.62. The summed E-state index contributed by atoms with van der Waals surface area (Å²) in [5, 5.41) is 11.1. The van der Waals surface area contributed by atoms with Gasteiger partial charge < -0.3 is 24.6 Å². The molecular formula is C27H25NO7. The van der Waals surface area contributed by atoms with Crippen LogP contribution in [-0.2, 0) is 25.7 Å². The first-order chi connectivity index (χ1) is 17.0. The van der Waals surface area contributed by atoms with Gasteiger partial charge in [0.2, 0.25) is 0 Å². The highest BCUT2D eigenvalue weighted by molar-refractivity contribution is 5.80. The Morgan fingerprint density at radius 3 is 2.09 bits per heavy atom. The normalized spacial score (nSPS) is 11.8. The fourth-order valence-corrected chi connectivity index (χ4v) is 3.95. The number of carboxylic acids is 1. The topological polar surface area (TPSA) is 111 Å². The Balaban J connectivity index is 1.19. The molecule has 0 radical (unpaired) electrons. The molecule has 0 bridgehead atoms. The first-order valence-electron chi connectivity index (χ1n) is 11.2. The summed E-state index contributed by atoms with van der Waals surface area (Å²) < 4.78 is 15.9. The molecule has 4 rings (SSSR count). The fraction of sp³-hybridized carbons (Fsp3) is 0.222. The van der Waals surface area contributed by atoms with Gasteiger partial charge in [-0.2, -0.15) is 0 Å². The maximum absolute atomic E-state index is 12.2. The van der Waals surface area contributed by atoms with Gasteiger partial charge in [0, 0.05) is 5.92 Å². The molecule has 3 aromatic rings. The molecule has 180 valence electrons. The smallest absolute Gasteiger partial charge is 0.407 e. The Morgan fingerprint density at radius 2 is 1.46 bits per heavy atom. The van der Waals surface area contributed by atoms with E-state index in [0.29, 0.717) is 5.75 Å². The van der Waals surface area contributed by atoms with Crippen molar-refractivity contribution in [2.45, 2.75) is 18.9 Å². The van der Waals surface area contributed by atoms with E-state index < -0.39 is 18.0 Å². The van der Waals surface area contributed by atoms with E-state index in [1.54, 1.807) is 24.3 Å². The van der Waals surface area contributed by atoms with Crippen LogP contribution in [0.3, 0.4) is 0 Å². The molecule has 8 nitrogen and oxygen atoms in total. The fourth-order valence-electron chi connectivity index (χ4n) is 3.95. The number of carboxylic acid groups (broad SMARTS) is 1. The monoisotopic (exact) mass is 475 g/mol. The highest BCUT2D eigenvalue weighted by Gasteiger charge is 2.29. The molecule has 0 fully saturated rings. The molecule has 0 saturated heterocycles. The number of benzene rings is 3. The van der Waals surface area contributed by atoms with Crippen LogP contribution in [0, 0.1) is 0 Å². The van der Waals surface area contributed by atoms with Gasteiger partial charge in [-0.1, -0.05) is 60.7 Å². The minimum atomic E-state index is -0.930. The van der Waals surface area contributed by atoms with Crippen molar-refractivity contribution in [1.82, 2.24) is 5.32 Å². The molecular weight excluding hydrogens is 450 g/mol. The van der Waals surface area contributed by atoms with Crippen molar-refractivity contribution in [3.8, 4) is 16.9 Å². The van der Waals surface area contributed by atoms with Crippen molar-refractivity contribution < 1.29 is 33.7 Å². The van der Waals surface area contributed by atoms with Crippen molar-refractivity contribution in [1.29, 1.82) is 0 Å². The summed E-state index contributed by atoms with van der Waals surface area (Å²) in [6.45, 7) is -0.0470. The number of nitrogens with one attached hydrogen (secondary N) is 1. The number of hydrogen-bond donors (Lipinski definition) is 2. The summed E-state index contributed by atoms with van der Waals surface area (Å²) in [5.41, 5.74) is 5.23. The first-order valence-corrected chi connectivity index (χ1v) is 11.2. The van der Waals surface area contributed by atoms with Gasteiger partial charge in [0.1, 0.15) is 25.5 Å². The number of aliphatic carboxylic acids is 1. The molecule has 35 heavy (non-hydrogen) atoms. The summed E-state index contributed by atoms with van der Waals surface area (Å²) >= 11 is 0. The number of alkyl carbamates (subject to hydrolysis) is 1. The lowest BCUT2D eigenvalue weighted by Crippen LogP contribution is -2.32. The third kappa shape index (κ3) is 6.17. The minimum absolute atomic E-state index is 0.0284. The second-order valence-corrected chi connectivity index (χ2v) is 7.98. The van der Waals surface area contributed by atoms with Crippen molar-refractivity contribution in [2.24, 2.45) is 0 Å². The molecule has 8 heteroatoms. The van der Waals surface area contributed by atoms with Gasteiger partial charge in [-0.15, -0.1) is 0 Å². The lowest BCUT2D eigenvalue weighted by Gasteiger charge is -2.14. The quantitative estimate of drug-likeness (QED) is 0.424. The summed E-state index contributed by atoms with van der Waals surface area (Å²) in [4.78, 5) is 34.7. The van der Waals surface area contributed by atoms with E-state index in [1.807, 2.05) is 36.4 Å². The van der Waals surface area contributed by atoms with Gasteiger partial charge in [-0.25, -0.2) is 4.79 Å². The van der Waals surface area contributed by atoms with E-state index >= 15 is 0 Å². The number of carbonyl (C=O) groups excluding carboxylic acids is 2. The van der Waals surface area contributed by atoms with E-state index in [9.17, 15) is 14.4 Å². The second-order valence-electron chi connectivity index (χ2n) is 7.98.